The summed E-state index contributed by atoms with van der Waals surface area (Å²) in [5.74, 6) is -2.06. The summed E-state index contributed by atoms with van der Waals surface area (Å²) in [7, 11) is 5.95. The van der Waals surface area contributed by atoms with Crippen molar-refractivity contribution < 1.29 is 42.9 Å². The lowest BCUT2D eigenvalue weighted by Gasteiger charge is -2.25. The third-order valence-corrected chi connectivity index (χ3v) is 12.4. The second-order valence-electron chi connectivity index (χ2n) is 20.9. The molecular weight excluding hydrogens is 959 g/mol. The predicted molar refractivity (Wildman–Crippen MR) is 327 cm³/mol. The molecule has 2 unspecified atom stereocenters. The molecule has 0 aliphatic heterocycles. The lowest BCUT2D eigenvalue weighted by molar-refractivity contribution is -0.870. The minimum Gasteiger partial charge on any atom is -0.477 e. The number of unbranched alkanes of at least 4 members (excludes halogenated alkanes) is 17. The van der Waals surface area contributed by atoms with Crippen LogP contribution in [0.2, 0.25) is 0 Å². The molecule has 0 aromatic rings. The molecule has 0 spiro atoms. The maximum atomic E-state index is 12.9. The van der Waals surface area contributed by atoms with Crippen molar-refractivity contribution in [2.45, 2.75) is 232 Å². The van der Waals surface area contributed by atoms with Gasteiger partial charge in [-0.05, 0) is 109 Å². The number of carboxylic acids is 1. The molecular formula is C68H112NO8+. The fourth-order valence-electron chi connectivity index (χ4n) is 7.81. The van der Waals surface area contributed by atoms with Crippen LogP contribution in [0.5, 0.6) is 0 Å². The Morgan fingerprint density at radius 1 is 0.390 bits per heavy atom. The summed E-state index contributed by atoms with van der Waals surface area (Å²) >= 11 is 0. The number of rotatable bonds is 54. The molecule has 2 atom stereocenters. The van der Waals surface area contributed by atoms with Crippen molar-refractivity contribution in [3.05, 3.63) is 134 Å². The standard InChI is InChI=1S/C68H111NO8/c1-6-8-10-12-14-16-18-20-21-22-23-24-25-26-27-28-29-30-31-32-33-34-35-36-37-38-39-40-41-42-43-44-45-47-49-51-53-55-57-59-66(71)77-64(63-76-68(67(72)73)74-61-60-69(3,4)5)62-75-65(70)58-56-54-52-50-48-46-19-17-15-13-11-9-7-2/h8-11,14-17,20-21,23-24,26-27,29-30,32-33,35-36,46,48,64,68H,6-7,12-13,18-19,22,25,28,31,34,37-45,47,49-63H2,1-5H3/p+1/b10-8-,11-9-,16-14-,17-15-,21-20-,24-23-,27-26-,30-29-,33-32-,36-35-,48-46-. The molecule has 0 rings (SSSR count). The van der Waals surface area contributed by atoms with Crippen LogP contribution in [0.15, 0.2) is 134 Å². The highest BCUT2D eigenvalue weighted by Gasteiger charge is 2.25. The van der Waals surface area contributed by atoms with E-state index in [4.69, 9.17) is 18.9 Å². The third-order valence-electron chi connectivity index (χ3n) is 12.4. The van der Waals surface area contributed by atoms with E-state index in [9.17, 15) is 19.5 Å². The van der Waals surface area contributed by atoms with Gasteiger partial charge in [0.2, 0.25) is 0 Å². The maximum Gasteiger partial charge on any atom is 0.361 e. The van der Waals surface area contributed by atoms with E-state index in [0.717, 1.165) is 109 Å². The van der Waals surface area contributed by atoms with Crippen LogP contribution in [0, 0.1) is 0 Å². The second kappa shape index (κ2) is 57.6. The first-order chi connectivity index (χ1) is 37.6. The molecule has 0 amide bonds. The predicted octanol–water partition coefficient (Wildman–Crippen LogP) is 18.2. The summed E-state index contributed by atoms with van der Waals surface area (Å²) in [6.07, 6.45) is 79.9. The molecule has 9 nitrogen and oxygen atoms in total. The number of ether oxygens (including phenoxy) is 4. The summed E-state index contributed by atoms with van der Waals surface area (Å²) < 4.78 is 22.8. The Hall–Kier alpha value is -4.57. The van der Waals surface area contributed by atoms with Crippen LogP contribution >= 0.6 is 0 Å². The van der Waals surface area contributed by atoms with E-state index in [0.29, 0.717) is 23.9 Å². The van der Waals surface area contributed by atoms with Crippen molar-refractivity contribution in [2.24, 2.45) is 0 Å². The van der Waals surface area contributed by atoms with E-state index in [1.165, 1.54) is 70.6 Å². The van der Waals surface area contributed by atoms with Gasteiger partial charge in [0.25, 0.3) is 6.29 Å². The summed E-state index contributed by atoms with van der Waals surface area (Å²) in [6, 6.07) is 0. The summed E-state index contributed by atoms with van der Waals surface area (Å²) in [4.78, 5) is 37.3. The molecule has 0 aromatic heterocycles. The summed E-state index contributed by atoms with van der Waals surface area (Å²) in [5, 5.41) is 9.69. The lowest BCUT2D eigenvalue weighted by Crippen LogP contribution is -2.40. The molecule has 9 heteroatoms. The minimum absolute atomic E-state index is 0.177. The minimum atomic E-state index is -1.52. The number of esters is 2. The number of aliphatic carboxylic acids is 1. The largest absolute Gasteiger partial charge is 0.477 e. The van der Waals surface area contributed by atoms with Crippen molar-refractivity contribution in [1.82, 2.24) is 0 Å². The topological polar surface area (TPSA) is 108 Å². The van der Waals surface area contributed by atoms with E-state index >= 15 is 0 Å². The Morgan fingerprint density at radius 3 is 1.05 bits per heavy atom. The smallest absolute Gasteiger partial charge is 0.361 e. The molecule has 0 saturated carbocycles. The molecule has 0 saturated heterocycles. The number of carbonyl (C=O) groups is 3. The van der Waals surface area contributed by atoms with E-state index in [2.05, 4.69) is 148 Å². The van der Waals surface area contributed by atoms with Crippen molar-refractivity contribution >= 4 is 17.9 Å². The van der Waals surface area contributed by atoms with Crippen LogP contribution in [0.25, 0.3) is 0 Å². The summed E-state index contributed by atoms with van der Waals surface area (Å²) in [5.41, 5.74) is 0. The van der Waals surface area contributed by atoms with E-state index in [-0.39, 0.29) is 38.6 Å². The highest BCUT2D eigenvalue weighted by Crippen LogP contribution is 2.15. The van der Waals surface area contributed by atoms with Gasteiger partial charge in [-0.3, -0.25) is 9.59 Å². The van der Waals surface area contributed by atoms with Crippen molar-refractivity contribution in [2.75, 3.05) is 47.5 Å². The van der Waals surface area contributed by atoms with Crippen LogP contribution in [0.1, 0.15) is 219 Å². The van der Waals surface area contributed by atoms with E-state index < -0.39 is 24.3 Å². The van der Waals surface area contributed by atoms with Crippen molar-refractivity contribution in [3.8, 4) is 0 Å². The first kappa shape index (κ1) is 72.4. The Kier molecular flexibility index (Phi) is 54.2. The SMILES string of the molecule is CC/C=C\C/C=C\C/C=C\C/C=C\C/C=C\C/C=C\C/C=C\C/C=C\CCCCCCCCCCCCCCCCC(=O)OC(COC(=O)CCCCC/C=C\C/C=C\C/C=C\CC)COC(OCC[N+](C)(C)C)C(=O)O. The van der Waals surface area contributed by atoms with Gasteiger partial charge >= 0.3 is 17.9 Å². The molecule has 0 radical (unpaired) electrons. The van der Waals surface area contributed by atoms with Gasteiger partial charge < -0.3 is 28.5 Å². The van der Waals surface area contributed by atoms with Crippen molar-refractivity contribution in [3.63, 3.8) is 0 Å². The molecule has 0 heterocycles. The number of nitrogens with zero attached hydrogens (tertiary/aromatic N) is 1. The zero-order valence-corrected chi connectivity index (χ0v) is 49.6. The maximum absolute atomic E-state index is 12.9. The fourth-order valence-corrected chi connectivity index (χ4v) is 7.81. The van der Waals surface area contributed by atoms with Crippen LogP contribution in [0.4, 0.5) is 0 Å². The second-order valence-corrected chi connectivity index (χ2v) is 20.9. The number of quaternary nitrogens is 1. The first-order valence-corrected chi connectivity index (χ1v) is 30.3. The van der Waals surface area contributed by atoms with E-state index in [1.54, 1.807) is 0 Å². The van der Waals surface area contributed by atoms with Crippen LogP contribution in [-0.4, -0.2) is 87.4 Å². The highest BCUT2D eigenvalue weighted by molar-refractivity contribution is 5.71. The summed E-state index contributed by atoms with van der Waals surface area (Å²) in [6.45, 7) is 4.59. The number of hydrogen-bond donors (Lipinski definition) is 1. The molecule has 0 fully saturated rings. The first-order valence-electron chi connectivity index (χ1n) is 30.3. The van der Waals surface area contributed by atoms with Crippen LogP contribution in [0.3, 0.4) is 0 Å². The van der Waals surface area contributed by atoms with Gasteiger partial charge in [-0.15, -0.1) is 0 Å². The quantitative estimate of drug-likeness (QED) is 0.0211. The van der Waals surface area contributed by atoms with Gasteiger partial charge in [-0.25, -0.2) is 4.79 Å². The van der Waals surface area contributed by atoms with E-state index in [1.807, 2.05) is 21.1 Å². The average molecular weight is 1070 g/mol. The van der Waals surface area contributed by atoms with Gasteiger partial charge in [-0.1, -0.05) is 231 Å². The van der Waals surface area contributed by atoms with Gasteiger partial charge in [-0.2, -0.15) is 0 Å². The normalized spacial score (nSPS) is 13.7. The Bertz CT molecular complexity index is 1720. The van der Waals surface area contributed by atoms with Crippen molar-refractivity contribution in [1.29, 1.82) is 0 Å². The fraction of sp³-hybridized carbons (Fsp3) is 0.632. The molecule has 0 aliphatic carbocycles. The molecule has 77 heavy (non-hydrogen) atoms. The number of carbonyl (C=O) groups excluding carboxylic acids is 2. The van der Waals surface area contributed by atoms with Crippen LogP contribution < -0.4 is 0 Å². The molecule has 436 valence electrons. The Labute approximate surface area is 471 Å². The Balaban J connectivity index is 4.10. The zero-order chi connectivity index (χ0) is 56.2. The third kappa shape index (κ3) is 58.9. The number of carboxylic acid groups (broad SMARTS) is 1. The van der Waals surface area contributed by atoms with Gasteiger partial charge in [0.05, 0.1) is 34.4 Å². The molecule has 0 aromatic carbocycles. The van der Waals surface area contributed by atoms with Gasteiger partial charge in [0.15, 0.2) is 6.10 Å². The van der Waals surface area contributed by atoms with Gasteiger partial charge in [0.1, 0.15) is 13.2 Å². The lowest BCUT2D eigenvalue weighted by atomic mass is 10.0. The molecule has 1 N–H and O–H groups in total. The molecule has 0 bridgehead atoms. The monoisotopic (exact) mass is 1070 g/mol. The average Bonchev–Trinajstić information content (AvgIpc) is 3.40. The van der Waals surface area contributed by atoms with Gasteiger partial charge in [0, 0.05) is 12.8 Å². The Morgan fingerprint density at radius 2 is 0.701 bits per heavy atom. The number of likely N-dealkylation sites (N-methyl/N-ethyl adjacent to an activating group) is 1. The zero-order valence-electron chi connectivity index (χ0n) is 49.6. The number of hydrogen-bond acceptors (Lipinski definition) is 7. The highest BCUT2D eigenvalue weighted by atomic mass is 16.7. The number of allylic oxidation sites excluding steroid dienone is 22. The van der Waals surface area contributed by atoms with Crippen LogP contribution in [-0.2, 0) is 33.3 Å². The molecule has 0 aliphatic rings.